The summed E-state index contributed by atoms with van der Waals surface area (Å²) in [6, 6.07) is 8.36. The molecule has 7 heteroatoms. The molecule has 0 unspecified atom stereocenters. The number of ketones is 1. The number of nitriles is 1. The standard InChI is InChI=1S/C16H17N3O4/c1-11(20)12-4-6-14(7-5-12)19-10-13(9-17)16(23)18-8-2-3-15(21)22/h4-7,10,19H,2-3,8H2,1H3,(H,18,23)(H,21,22)/b13-10-. The van der Waals surface area contributed by atoms with E-state index in [1.165, 1.54) is 13.1 Å². The number of rotatable bonds is 8. The number of benzene rings is 1. The van der Waals surface area contributed by atoms with E-state index in [0.717, 1.165) is 0 Å². The van der Waals surface area contributed by atoms with Crippen molar-refractivity contribution in [1.82, 2.24) is 5.32 Å². The largest absolute Gasteiger partial charge is 0.481 e. The van der Waals surface area contributed by atoms with E-state index in [2.05, 4.69) is 10.6 Å². The van der Waals surface area contributed by atoms with Crippen LogP contribution >= 0.6 is 0 Å². The maximum Gasteiger partial charge on any atom is 0.303 e. The molecule has 0 saturated carbocycles. The predicted molar refractivity (Wildman–Crippen MR) is 83.6 cm³/mol. The van der Waals surface area contributed by atoms with Crippen LogP contribution in [0.25, 0.3) is 0 Å². The van der Waals surface area contributed by atoms with Crippen molar-refractivity contribution >= 4 is 23.3 Å². The van der Waals surface area contributed by atoms with E-state index in [1.807, 2.05) is 0 Å². The number of carboxylic acids is 1. The molecule has 0 radical (unpaired) electrons. The minimum absolute atomic E-state index is 0.0490. The Balaban J connectivity index is 2.57. The van der Waals surface area contributed by atoms with Crippen molar-refractivity contribution in [3.63, 3.8) is 0 Å². The highest BCUT2D eigenvalue weighted by Crippen LogP contribution is 2.10. The van der Waals surface area contributed by atoms with Gasteiger partial charge in [0, 0.05) is 30.4 Å². The van der Waals surface area contributed by atoms with Gasteiger partial charge in [0.2, 0.25) is 0 Å². The molecule has 0 heterocycles. The molecule has 0 atom stereocenters. The number of aliphatic carboxylic acids is 1. The molecule has 0 spiro atoms. The molecule has 1 aromatic carbocycles. The van der Waals surface area contributed by atoms with E-state index < -0.39 is 11.9 Å². The van der Waals surface area contributed by atoms with Crippen LogP contribution in [0.1, 0.15) is 30.1 Å². The molecule has 0 saturated heterocycles. The summed E-state index contributed by atoms with van der Waals surface area (Å²) < 4.78 is 0. The molecule has 120 valence electrons. The molecule has 3 N–H and O–H groups in total. The number of carbonyl (C=O) groups is 3. The fraction of sp³-hybridized carbons (Fsp3) is 0.250. The second-order valence-corrected chi connectivity index (χ2v) is 4.70. The van der Waals surface area contributed by atoms with Crippen LogP contribution in [0.15, 0.2) is 36.0 Å². The van der Waals surface area contributed by atoms with E-state index in [-0.39, 0.29) is 24.3 Å². The monoisotopic (exact) mass is 315 g/mol. The fourth-order valence-electron chi connectivity index (χ4n) is 1.64. The van der Waals surface area contributed by atoms with Crippen molar-refractivity contribution in [2.24, 2.45) is 0 Å². The van der Waals surface area contributed by atoms with Gasteiger partial charge in [-0.05, 0) is 37.6 Å². The molecule has 1 aromatic rings. The summed E-state index contributed by atoms with van der Waals surface area (Å²) >= 11 is 0. The zero-order valence-electron chi connectivity index (χ0n) is 12.6. The Morgan fingerprint density at radius 1 is 1.26 bits per heavy atom. The van der Waals surface area contributed by atoms with Gasteiger partial charge in [0.25, 0.3) is 5.91 Å². The zero-order chi connectivity index (χ0) is 17.2. The summed E-state index contributed by atoms with van der Waals surface area (Å²) in [4.78, 5) is 33.3. The second kappa shape index (κ2) is 9.00. The summed E-state index contributed by atoms with van der Waals surface area (Å²) in [6.45, 7) is 1.64. The molecule has 0 aliphatic rings. The highest BCUT2D eigenvalue weighted by atomic mass is 16.4. The summed E-state index contributed by atoms with van der Waals surface area (Å²) in [5, 5.41) is 22.7. The van der Waals surface area contributed by atoms with Crippen molar-refractivity contribution in [2.45, 2.75) is 19.8 Å². The van der Waals surface area contributed by atoms with Gasteiger partial charge in [-0.3, -0.25) is 14.4 Å². The first-order valence-corrected chi connectivity index (χ1v) is 6.92. The number of anilines is 1. The number of nitrogens with zero attached hydrogens (tertiary/aromatic N) is 1. The van der Waals surface area contributed by atoms with Gasteiger partial charge in [-0.15, -0.1) is 0 Å². The quantitative estimate of drug-likeness (QED) is 0.291. The van der Waals surface area contributed by atoms with E-state index >= 15 is 0 Å². The second-order valence-electron chi connectivity index (χ2n) is 4.70. The van der Waals surface area contributed by atoms with Gasteiger partial charge in [0.05, 0.1) is 0 Å². The number of carboxylic acid groups (broad SMARTS) is 1. The van der Waals surface area contributed by atoms with Gasteiger partial charge in [-0.25, -0.2) is 0 Å². The lowest BCUT2D eigenvalue weighted by Gasteiger charge is -2.05. The number of carbonyl (C=O) groups excluding carboxylic acids is 2. The lowest BCUT2D eigenvalue weighted by atomic mass is 10.1. The Morgan fingerprint density at radius 3 is 2.43 bits per heavy atom. The Bertz CT molecular complexity index is 657. The number of hydrogen-bond donors (Lipinski definition) is 3. The van der Waals surface area contributed by atoms with Crippen molar-refractivity contribution in [3.8, 4) is 6.07 Å². The summed E-state index contributed by atoms with van der Waals surface area (Å²) in [6.07, 6.45) is 1.50. The molecule has 0 aliphatic heterocycles. The van der Waals surface area contributed by atoms with Crippen LogP contribution in [0, 0.1) is 11.3 Å². The number of amides is 1. The topological polar surface area (TPSA) is 119 Å². The predicted octanol–water partition coefficient (Wildman–Crippen LogP) is 1.69. The van der Waals surface area contributed by atoms with Crippen LogP contribution in [0.4, 0.5) is 5.69 Å². The number of Topliss-reactive ketones (excluding diaryl/α,β-unsaturated/α-hetero) is 1. The molecule has 0 aromatic heterocycles. The normalized spacial score (nSPS) is 10.5. The van der Waals surface area contributed by atoms with Crippen LogP contribution < -0.4 is 10.6 Å². The SMILES string of the molecule is CC(=O)c1ccc(N/C=C(/C#N)C(=O)NCCCC(=O)O)cc1. The molecule has 23 heavy (non-hydrogen) atoms. The average Bonchev–Trinajstić information content (AvgIpc) is 2.52. The summed E-state index contributed by atoms with van der Waals surface area (Å²) in [5.74, 6) is -1.57. The van der Waals surface area contributed by atoms with E-state index in [4.69, 9.17) is 10.4 Å². The molecule has 1 rings (SSSR count). The third-order valence-corrected chi connectivity index (χ3v) is 2.89. The van der Waals surface area contributed by atoms with Gasteiger partial charge in [-0.1, -0.05) is 0 Å². The zero-order valence-corrected chi connectivity index (χ0v) is 12.6. The lowest BCUT2D eigenvalue weighted by Crippen LogP contribution is -2.26. The smallest absolute Gasteiger partial charge is 0.303 e. The van der Waals surface area contributed by atoms with E-state index in [9.17, 15) is 14.4 Å². The molecule has 0 aliphatic carbocycles. The van der Waals surface area contributed by atoms with Crippen molar-refractivity contribution in [3.05, 3.63) is 41.6 Å². The van der Waals surface area contributed by atoms with Gasteiger partial charge < -0.3 is 15.7 Å². The van der Waals surface area contributed by atoms with Crippen molar-refractivity contribution in [1.29, 1.82) is 5.26 Å². The Hall–Kier alpha value is -3.14. The summed E-state index contributed by atoms with van der Waals surface area (Å²) in [5.41, 5.74) is 1.06. The fourth-order valence-corrected chi connectivity index (χ4v) is 1.64. The van der Waals surface area contributed by atoms with Gasteiger partial charge in [-0.2, -0.15) is 5.26 Å². The van der Waals surface area contributed by atoms with Crippen LogP contribution in [0.2, 0.25) is 0 Å². The molecule has 1 amide bonds. The highest BCUT2D eigenvalue weighted by Gasteiger charge is 2.08. The van der Waals surface area contributed by atoms with Crippen LogP contribution in [0.3, 0.4) is 0 Å². The van der Waals surface area contributed by atoms with Crippen LogP contribution in [-0.2, 0) is 9.59 Å². The minimum atomic E-state index is -0.939. The molecular weight excluding hydrogens is 298 g/mol. The molecular formula is C16H17N3O4. The first kappa shape index (κ1) is 17.9. The van der Waals surface area contributed by atoms with E-state index in [1.54, 1.807) is 30.3 Å². The molecule has 0 bridgehead atoms. The maximum absolute atomic E-state index is 11.7. The third kappa shape index (κ3) is 6.44. The van der Waals surface area contributed by atoms with Crippen molar-refractivity contribution < 1.29 is 19.5 Å². The van der Waals surface area contributed by atoms with Gasteiger partial charge in [0.15, 0.2) is 5.78 Å². The number of hydrogen-bond acceptors (Lipinski definition) is 5. The van der Waals surface area contributed by atoms with Crippen LogP contribution in [0.5, 0.6) is 0 Å². The Morgan fingerprint density at radius 2 is 1.91 bits per heavy atom. The minimum Gasteiger partial charge on any atom is -0.481 e. The lowest BCUT2D eigenvalue weighted by molar-refractivity contribution is -0.137. The van der Waals surface area contributed by atoms with Gasteiger partial charge in [0.1, 0.15) is 11.6 Å². The first-order chi connectivity index (χ1) is 10.9. The number of nitrogens with one attached hydrogen (secondary N) is 2. The maximum atomic E-state index is 11.7. The molecule has 7 nitrogen and oxygen atoms in total. The van der Waals surface area contributed by atoms with Gasteiger partial charge >= 0.3 is 5.97 Å². The molecule has 0 fully saturated rings. The van der Waals surface area contributed by atoms with E-state index in [0.29, 0.717) is 17.7 Å². The third-order valence-electron chi connectivity index (χ3n) is 2.89. The summed E-state index contributed by atoms with van der Waals surface area (Å²) in [7, 11) is 0. The Labute approximate surface area is 133 Å². The average molecular weight is 315 g/mol. The van der Waals surface area contributed by atoms with Crippen molar-refractivity contribution in [2.75, 3.05) is 11.9 Å². The highest BCUT2D eigenvalue weighted by molar-refractivity contribution is 5.97. The Kier molecular flexibility index (Phi) is 7.01. The first-order valence-electron chi connectivity index (χ1n) is 6.92. The van der Waals surface area contributed by atoms with Crippen LogP contribution in [-0.4, -0.2) is 29.3 Å².